The van der Waals surface area contributed by atoms with Crippen molar-refractivity contribution in [1.82, 2.24) is 20.4 Å². The molecule has 0 bridgehead atoms. The Labute approximate surface area is 136 Å². The zero-order valence-electron chi connectivity index (χ0n) is 13.6. The van der Waals surface area contributed by atoms with Crippen LogP contribution in [0.5, 0.6) is 0 Å². The second-order valence-electron chi connectivity index (χ2n) is 7.58. The van der Waals surface area contributed by atoms with Crippen LogP contribution in [0.2, 0.25) is 0 Å². The zero-order valence-corrected chi connectivity index (χ0v) is 13.6. The second kappa shape index (κ2) is 5.35. The van der Waals surface area contributed by atoms with Gasteiger partial charge in [0, 0.05) is 30.7 Å². The van der Waals surface area contributed by atoms with Crippen molar-refractivity contribution >= 4 is 11.8 Å². The van der Waals surface area contributed by atoms with E-state index in [0.29, 0.717) is 24.7 Å². The number of aromatic amines is 1. The lowest BCUT2D eigenvalue weighted by molar-refractivity contribution is -0.129. The van der Waals surface area contributed by atoms with Crippen LogP contribution in [0, 0.1) is 24.2 Å². The number of carbonyl (C=O) groups excluding carboxylic acids is 2. The summed E-state index contributed by atoms with van der Waals surface area (Å²) in [6, 6.07) is 1.77. The molecule has 1 spiro atoms. The lowest BCUT2D eigenvalue weighted by Crippen LogP contribution is -2.45. The highest BCUT2D eigenvalue weighted by atomic mass is 16.2. The number of H-pyrrole nitrogens is 1. The third-order valence-electron chi connectivity index (χ3n) is 5.79. The molecule has 2 amide bonds. The predicted octanol–water partition coefficient (Wildman–Crippen LogP) is 1.49. The molecule has 1 aromatic rings. The molecule has 2 saturated carbocycles. The Hall–Kier alpha value is -1.85. The minimum Gasteiger partial charge on any atom is -0.356 e. The number of aromatic nitrogens is 2. The maximum Gasteiger partial charge on any atom is 0.274 e. The quantitative estimate of drug-likeness (QED) is 0.883. The van der Waals surface area contributed by atoms with Crippen molar-refractivity contribution in [3.05, 3.63) is 17.5 Å². The van der Waals surface area contributed by atoms with Crippen molar-refractivity contribution in [2.45, 2.75) is 39.0 Å². The molecular formula is C17H24N4O2. The summed E-state index contributed by atoms with van der Waals surface area (Å²) >= 11 is 0. The fraction of sp³-hybridized carbons (Fsp3) is 0.706. The Kier molecular flexibility index (Phi) is 3.43. The third kappa shape index (κ3) is 2.64. The van der Waals surface area contributed by atoms with Crippen molar-refractivity contribution in [2.24, 2.45) is 17.3 Å². The number of likely N-dealkylation sites (tertiary alicyclic amines) is 1. The molecule has 1 saturated heterocycles. The van der Waals surface area contributed by atoms with Crippen molar-refractivity contribution < 1.29 is 9.59 Å². The van der Waals surface area contributed by atoms with E-state index in [1.165, 1.54) is 12.8 Å². The van der Waals surface area contributed by atoms with Gasteiger partial charge < -0.3 is 10.2 Å². The standard InChI is InChI=1S/C17H24N4O2/c1-11-7-14(20-19-11)16(23)21-9-13(17(10-21)5-2-6-17)15(22)18-8-12-3-4-12/h7,12-13H,2-6,8-10H2,1H3,(H,18,22)(H,19,20). The Morgan fingerprint density at radius 3 is 2.78 bits per heavy atom. The molecule has 1 unspecified atom stereocenters. The number of amides is 2. The van der Waals surface area contributed by atoms with Gasteiger partial charge in [0.1, 0.15) is 5.69 Å². The van der Waals surface area contributed by atoms with E-state index in [-0.39, 0.29) is 23.1 Å². The molecule has 23 heavy (non-hydrogen) atoms. The second-order valence-corrected chi connectivity index (χ2v) is 7.58. The van der Waals surface area contributed by atoms with Crippen molar-refractivity contribution in [2.75, 3.05) is 19.6 Å². The smallest absolute Gasteiger partial charge is 0.274 e. The summed E-state index contributed by atoms with van der Waals surface area (Å²) in [5, 5.41) is 10.0. The van der Waals surface area contributed by atoms with E-state index in [9.17, 15) is 9.59 Å². The van der Waals surface area contributed by atoms with Gasteiger partial charge in [0.15, 0.2) is 0 Å². The number of carbonyl (C=O) groups is 2. The molecule has 2 N–H and O–H groups in total. The highest BCUT2D eigenvalue weighted by Gasteiger charge is 2.54. The summed E-state index contributed by atoms with van der Waals surface area (Å²) in [4.78, 5) is 27.1. The molecule has 2 aliphatic carbocycles. The summed E-state index contributed by atoms with van der Waals surface area (Å²) in [6.45, 7) is 3.91. The van der Waals surface area contributed by atoms with Crippen molar-refractivity contribution in [3.8, 4) is 0 Å². The summed E-state index contributed by atoms with van der Waals surface area (Å²) in [5.74, 6) is 0.713. The monoisotopic (exact) mass is 316 g/mol. The molecule has 6 heteroatoms. The summed E-state index contributed by atoms with van der Waals surface area (Å²) < 4.78 is 0. The van der Waals surface area contributed by atoms with Crippen LogP contribution in [0.25, 0.3) is 0 Å². The van der Waals surface area contributed by atoms with Crippen molar-refractivity contribution in [1.29, 1.82) is 0 Å². The number of aryl methyl sites for hydroxylation is 1. The molecule has 0 aromatic carbocycles. The van der Waals surface area contributed by atoms with Gasteiger partial charge in [-0.3, -0.25) is 14.7 Å². The van der Waals surface area contributed by atoms with E-state index in [4.69, 9.17) is 0 Å². The van der Waals surface area contributed by atoms with Crippen LogP contribution in [0.1, 0.15) is 48.3 Å². The Balaban J connectivity index is 1.46. The summed E-state index contributed by atoms with van der Waals surface area (Å²) in [5.41, 5.74) is 1.34. The Bertz CT molecular complexity index is 630. The number of nitrogens with zero attached hydrogens (tertiary/aromatic N) is 2. The highest BCUT2D eigenvalue weighted by Crippen LogP contribution is 2.52. The highest BCUT2D eigenvalue weighted by molar-refractivity contribution is 5.93. The molecule has 124 valence electrons. The van der Waals surface area contributed by atoms with Gasteiger partial charge in [-0.05, 0) is 44.6 Å². The van der Waals surface area contributed by atoms with E-state index in [2.05, 4.69) is 15.5 Å². The molecule has 1 aromatic heterocycles. The lowest BCUT2D eigenvalue weighted by Gasteiger charge is -2.41. The number of hydrogen-bond donors (Lipinski definition) is 2. The fourth-order valence-electron chi connectivity index (χ4n) is 4.00. The van der Waals surface area contributed by atoms with E-state index < -0.39 is 0 Å². The van der Waals surface area contributed by atoms with Gasteiger partial charge in [-0.1, -0.05) is 6.42 Å². The van der Waals surface area contributed by atoms with Crippen LogP contribution >= 0.6 is 0 Å². The first-order chi connectivity index (χ1) is 11.1. The number of nitrogens with one attached hydrogen (secondary N) is 2. The molecule has 1 aliphatic heterocycles. The zero-order chi connectivity index (χ0) is 16.0. The van der Waals surface area contributed by atoms with E-state index in [1.54, 1.807) is 6.07 Å². The number of rotatable bonds is 4. The van der Waals surface area contributed by atoms with Crippen molar-refractivity contribution in [3.63, 3.8) is 0 Å². The molecule has 3 fully saturated rings. The van der Waals surface area contributed by atoms with E-state index >= 15 is 0 Å². The Morgan fingerprint density at radius 2 is 2.22 bits per heavy atom. The first-order valence-electron chi connectivity index (χ1n) is 8.66. The molecule has 1 atom stereocenters. The van der Waals surface area contributed by atoms with Crippen LogP contribution in [0.4, 0.5) is 0 Å². The van der Waals surface area contributed by atoms with Gasteiger partial charge in [-0.2, -0.15) is 5.10 Å². The molecule has 2 heterocycles. The fourth-order valence-corrected chi connectivity index (χ4v) is 4.00. The molecule has 0 radical (unpaired) electrons. The number of hydrogen-bond acceptors (Lipinski definition) is 3. The SMILES string of the molecule is Cc1cc(C(=O)N2CC(C(=O)NCC3CC3)C3(CCC3)C2)n[nH]1. The summed E-state index contributed by atoms with van der Waals surface area (Å²) in [7, 11) is 0. The van der Waals surface area contributed by atoms with E-state index in [1.807, 2.05) is 11.8 Å². The van der Waals surface area contributed by atoms with Gasteiger partial charge in [0.2, 0.25) is 5.91 Å². The third-order valence-corrected chi connectivity index (χ3v) is 5.79. The average Bonchev–Trinajstić information content (AvgIpc) is 3.07. The first-order valence-corrected chi connectivity index (χ1v) is 8.66. The Morgan fingerprint density at radius 1 is 1.43 bits per heavy atom. The summed E-state index contributed by atoms with van der Waals surface area (Å²) in [6.07, 6.45) is 5.74. The minimum absolute atomic E-state index is 0.00858. The van der Waals surface area contributed by atoms with Gasteiger partial charge in [-0.15, -0.1) is 0 Å². The van der Waals surface area contributed by atoms with Gasteiger partial charge >= 0.3 is 0 Å². The van der Waals surface area contributed by atoms with Crippen LogP contribution < -0.4 is 5.32 Å². The van der Waals surface area contributed by atoms with Crippen LogP contribution in [-0.4, -0.2) is 46.5 Å². The lowest BCUT2D eigenvalue weighted by atomic mass is 9.62. The van der Waals surface area contributed by atoms with Gasteiger partial charge in [0.05, 0.1) is 5.92 Å². The molecule has 3 aliphatic rings. The predicted molar refractivity (Wildman–Crippen MR) is 84.7 cm³/mol. The maximum absolute atomic E-state index is 12.6. The van der Waals surface area contributed by atoms with Crippen LogP contribution in [0.3, 0.4) is 0 Å². The minimum atomic E-state index is -0.0573. The molecule has 4 rings (SSSR count). The normalized spacial score (nSPS) is 25.4. The first kappa shape index (κ1) is 14.7. The molecular weight excluding hydrogens is 292 g/mol. The topological polar surface area (TPSA) is 78.1 Å². The maximum atomic E-state index is 12.6. The average molecular weight is 316 g/mol. The molecule has 6 nitrogen and oxygen atoms in total. The van der Waals surface area contributed by atoms with Gasteiger partial charge in [-0.25, -0.2) is 0 Å². The van der Waals surface area contributed by atoms with Crippen LogP contribution in [-0.2, 0) is 4.79 Å². The largest absolute Gasteiger partial charge is 0.356 e. The van der Waals surface area contributed by atoms with E-state index in [0.717, 1.165) is 31.5 Å². The van der Waals surface area contributed by atoms with Gasteiger partial charge in [0.25, 0.3) is 5.91 Å². The van der Waals surface area contributed by atoms with Crippen LogP contribution in [0.15, 0.2) is 6.07 Å².